The monoisotopic (exact) mass is 888 g/mol. The molecule has 0 saturated heterocycles. The fraction of sp³-hybridized carbons (Fsp3) is 0.238. The molecule has 0 radical (unpaired) electrons. The molecule has 0 aliphatic rings. The van der Waals surface area contributed by atoms with Crippen molar-refractivity contribution < 1.29 is 18.8 Å². The van der Waals surface area contributed by atoms with Gasteiger partial charge in [-0.05, 0) is 132 Å². The van der Waals surface area contributed by atoms with E-state index in [1.165, 1.54) is 12.1 Å². The number of hydrogen-bond donors (Lipinski definition) is 1. The highest BCUT2D eigenvalue weighted by Gasteiger charge is 2.29. The molecule has 0 amide bonds. The van der Waals surface area contributed by atoms with Crippen LogP contribution in [-0.2, 0) is 16.2 Å². The molecule has 2 aromatic heterocycles. The van der Waals surface area contributed by atoms with E-state index in [2.05, 4.69) is 107 Å². The Morgan fingerprint density at radius 2 is 1.15 bits per heavy atom. The third-order valence-corrected chi connectivity index (χ3v) is 12.6. The number of nitrogens with zero attached hydrogens (tertiary/aromatic N) is 3. The lowest BCUT2D eigenvalue weighted by Crippen LogP contribution is -2.17. The normalized spacial score (nSPS) is 15.2. The molecule has 9 rings (SSSR count). The molecule has 0 aliphatic carbocycles. The van der Waals surface area contributed by atoms with Crippen LogP contribution in [0.3, 0.4) is 0 Å². The van der Waals surface area contributed by atoms with Crippen LogP contribution >= 0.6 is 0 Å². The standard InChI is InChI=1S/C63H63N3O/c1-40(2)45-31-47(42-21-16-13-17-22-42)36-52(35-45)66-57-24-18-23-53(58(57)65-60(66)54-38-51(62(6,7)8)39-55(59(54)67)63(9,10)11)48-32-46(41-19-14-12-15-20-41)33-49(34-48)56-37-44(29-30-64-56)43-25-27-50(28-26-43)61(3,4)5/h12-40,67H,1-11H3/i3D3,4D3,5D3,40D. The zero-order chi connectivity index (χ0) is 55.8. The Labute approximate surface area is 412 Å². The molecule has 9 aromatic rings. The number of rotatable bonds is 8. The van der Waals surface area contributed by atoms with E-state index in [1.54, 1.807) is 24.4 Å². The number of aromatic nitrogens is 3. The Hall–Kier alpha value is -7.04. The second-order valence-electron chi connectivity index (χ2n) is 19.9. The summed E-state index contributed by atoms with van der Waals surface area (Å²) < 4.78 is 85.5. The minimum Gasteiger partial charge on any atom is -0.507 e. The largest absolute Gasteiger partial charge is 0.507 e. The summed E-state index contributed by atoms with van der Waals surface area (Å²) in [6.45, 7) is 6.41. The van der Waals surface area contributed by atoms with Gasteiger partial charge in [0.2, 0.25) is 0 Å². The van der Waals surface area contributed by atoms with E-state index in [9.17, 15) is 6.48 Å². The van der Waals surface area contributed by atoms with Crippen LogP contribution in [0.5, 0.6) is 5.75 Å². The Morgan fingerprint density at radius 1 is 0.522 bits per heavy atom. The molecule has 1 N–H and O–H groups in total. The Bertz CT molecular complexity index is 3610. The van der Waals surface area contributed by atoms with Crippen LogP contribution in [-0.4, -0.2) is 19.6 Å². The lowest BCUT2D eigenvalue weighted by Gasteiger charge is -2.27. The van der Waals surface area contributed by atoms with Crippen LogP contribution in [0.15, 0.2) is 170 Å². The van der Waals surface area contributed by atoms with E-state index in [-0.39, 0.29) is 16.7 Å². The van der Waals surface area contributed by atoms with E-state index in [4.69, 9.17) is 22.3 Å². The number of fused-ring (bicyclic) bond motifs is 1. The molecule has 0 saturated carbocycles. The van der Waals surface area contributed by atoms with Gasteiger partial charge in [-0.15, -0.1) is 0 Å². The molecule has 7 aromatic carbocycles. The summed E-state index contributed by atoms with van der Waals surface area (Å²) in [5.74, 6) is -0.290. The molecular weight excluding hydrogens is 815 g/mol. The minimum absolute atomic E-state index is 0.143. The molecular formula is C63H63N3O. The van der Waals surface area contributed by atoms with Gasteiger partial charge < -0.3 is 5.11 Å². The van der Waals surface area contributed by atoms with Crippen molar-refractivity contribution in [2.24, 2.45) is 0 Å². The van der Waals surface area contributed by atoms with Crippen LogP contribution < -0.4 is 0 Å². The van der Waals surface area contributed by atoms with Gasteiger partial charge in [-0.1, -0.05) is 185 Å². The summed E-state index contributed by atoms with van der Waals surface area (Å²) >= 11 is 0. The Kier molecular flexibility index (Phi) is 8.86. The molecule has 336 valence electrons. The maximum atomic E-state index is 12.6. The highest BCUT2D eigenvalue weighted by molar-refractivity contribution is 5.98. The van der Waals surface area contributed by atoms with Gasteiger partial charge in [0.25, 0.3) is 0 Å². The van der Waals surface area contributed by atoms with Gasteiger partial charge in [0, 0.05) is 42.3 Å². The van der Waals surface area contributed by atoms with Crippen molar-refractivity contribution in [2.75, 3.05) is 0 Å². The summed E-state index contributed by atoms with van der Waals surface area (Å²) in [7, 11) is 0. The smallest absolute Gasteiger partial charge is 0.149 e. The average Bonchev–Trinajstić information content (AvgIpc) is 3.75. The Balaban J connectivity index is 1.29. The highest BCUT2D eigenvalue weighted by atomic mass is 16.3. The highest BCUT2D eigenvalue weighted by Crippen LogP contribution is 2.45. The molecule has 0 fully saturated rings. The fourth-order valence-corrected chi connectivity index (χ4v) is 8.82. The number of pyridine rings is 1. The van der Waals surface area contributed by atoms with E-state index in [1.807, 2.05) is 86.6 Å². The second kappa shape index (κ2) is 17.3. The number of benzene rings is 7. The number of imidazole rings is 1. The molecule has 0 bridgehead atoms. The van der Waals surface area contributed by atoms with E-state index in [0.717, 1.165) is 66.8 Å². The summed E-state index contributed by atoms with van der Waals surface area (Å²) in [5, 5.41) is 12.6. The average molecular weight is 888 g/mol. The van der Waals surface area contributed by atoms with Crippen LogP contribution in [0.2, 0.25) is 0 Å². The third-order valence-electron chi connectivity index (χ3n) is 12.6. The lowest BCUT2D eigenvalue weighted by atomic mass is 9.79. The first kappa shape index (κ1) is 34.3. The summed E-state index contributed by atoms with van der Waals surface area (Å²) in [6.07, 6.45) is 1.67. The molecule has 0 atom stereocenters. The van der Waals surface area contributed by atoms with Gasteiger partial charge in [0.15, 0.2) is 0 Å². The second-order valence-corrected chi connectivity index (χ2v) is 19.9. The Morgan fingerprint density at radius 3 is 1.78 bits per heavy atom. The predicted molar refractivity (Wildman–Crippen MR) is 283 cm³/mol. The van der Waals surface area contributed by atoms with Crippen LogP contribution in [0.1, 0.15) is 118 Å². The van der Waals surface area contributed by atoms with Gasteiger partial charge >= 0.3 is 0 Å². The van der Waals surface area contributed by atoms with Gasteiger partial charge in [-0.3, -0.25) is 9.55 Å². The first-order valence-corrected chi connectivity index (χ1v) is 22.8. The predicted octanol–water partition coefficient (Wildman–Crippen LogP) is 17.1. The molecule has 0 aliphatic heterocycles. The quantitative estimate of drug-likeness (QED) is 0.165. The number of aromatic hydroxyl groups is 1. The van der Waals surface area contributed by atoms with Gasteiger partial charge in [-0.2, -0.15) is 0 Å². The van der Waals surface area contributed by atoms with Crippen molar-refractivity contribution in [2.45, 2.75) is 98.1 Å². The summed E-state index contributed by atoms with van der Waals surface area (Å²) in [4.78, 5) is 10.5. The molecule has 4 nitrogen and oxygen atoms in total. The topological polar surface area (TPSA) is 50.9 Å². The van der Waals surface area contributed by atoms with Crippen LogP contribution in [0, 0.1) is 0 Å². The van der Waals surface area contributed by atoms with Crippen molar-refractivity contribution in [3.63, 3.8) is 0 Å². The number of phenolic OH excluding ortho intramolecular Hbond substituents is 1. The van der Waals surface area contributed by atoms with E-state index in [0.29, 0.717) is 33.7 Å². The van der Waals surface area contributed by atoms with Crippen molar-refractivity contribution >= 4 is 11.0 Å². The lowest BCUT2D eigenvalue weighted by molar-refractivity contribution is 0.446. The van der Waals surface area contributed by atoms with Crippen molar-refractivity contribution in [3.8, 4) is 78.6 Å². The molecule has 0 spiro atoms. The molecule has 67 heavy (non-hydrogen) atoms. The number of phenols is 1. The minimum atomic E-state index is -3.38. The first-order chi connectivity index (χ1) is 35.9. The SMILES string of the molecule is [2H]C(C)(C)c1cc(-c2ccccc2)cc(-n2c(-c3cc(C(C)(C)C)cc(C(C)(C)C)c3O)nc3c(-c4cc(-c5ccccc5)cc(-c5cc(-c6ccc(C(C([2H])([2H])[2H])(C([2H])([2H])[2H])C([2H])([2H])[2H])cc6)ccn5)c4)cccc32)c1. The van der Waals surface area contributed by atoms with Crippen molar-refractivity contribution in [1.29, 1.82) is 0 Å². The fourth-order valence-electron chi connectivity index (χ4n) is 8.82. The van der Waals surface area contributed by atoms with E-state index >= 15 is 0 Å². The van der Waals surface area contributed by atoms with E-state index < -0.39 is 37.3 Å². The zero-order valence-corrected chi connectivity index (χ0v) is 39.5. The van der Waals surface area contributed by atoms with Crippen molar-refractivity contribution in [3.05, 3.63) is 192 Å². The van der Waals surface area contributed by atoms with Crippen LogP contribution in [0.4, 0.5) is 0 Å². The molecule has 2 heterocycles. The maximum Gasteiger partial charge on any atom is 0.149 e. The first-order valence-electron chi connectivity index (χ1n) is 27.8. The van der Waals surface area contributed by atoms with Crippen LogP contribution in [0.25, 0.3) is 83.9 Å². The summed E-state index contributed by atoms with van der Waals surface area (Å²) in [6, 6.07) is 52.3. The maximum absolute atomic E-state index is 12.6. The van der Waals surface area contributed by atoms with Gasteiger partial charge in [-0.25, -0.2) is 4.98 Å². The van der Waals surface area contributed by atoms with Crippen molar-refractivity contribution in [1.82, 2.24) is 14.5 Å². The molecule has 0 unspecified atom stereocenters. The summed E-state index contributed by atoms with van der Waals surface area (Å²) in [5.41, 5.74) is 9.41. The molecule has 4 heteroatoms. The number of hydrogen-bond acceptors (Lipinski definition) is 3. The van der Waals surface area contributed by atoms with Gasteiger partial charge in [0.1, 0.15) is 11.6 Å². The third kappa shape index (κ3) is 9.10. The van der Waals surface area contributed by atoms with Gasteiger partial charge in [0.05, 0.1) is 22.3 Å². The number of para-hydroxylation sites is 1. The zero-order valence-electron chi connectivity index (χ0n) is 49.5.